The number of benzene rings is 1. The second kappa shape index (κ2) is 10.6. The van der Waals surface area contributed by atoms with Crippen molar-refractivity contribution in [3.8, 4) is 17.6 Å². The van der Waals surface area contributed by atoms with Gasteiger partial charge in [0, 0.05) is 24.7 Å². The van der Waals surface area contributed by atoms with Crippen molar-refractivity contribution >= 4 is 10.9 Å². The zero-order valence-electron chi connectivity index (χ0n) is 18.2. The molecule has 0 saturated carbocycles. The Labute approximate surface area is 187 Å². The van der Waals surface area contributed by atoms with E-state index in [9.17, 15) is 5.11 Å². The SMILES string of the molecule is COc1ccc2nccc(C(F)CC[C@@H]3CCN(CC#Cc4ncco4)C[C@@H]3CO)c2c1. The minimum absolute atomic E-state index is 0.0979. The van der Waals surface area contributed by atoms with Crippen molar-refractivity contribution in [1.82, 2.24) is 14.9 Å². The molecule has 2 aromatic heterocycles. The average Bonchev–Trinajstić information content (AvgIpc) is 3.35. The molecule has 1 saturated heterocycles. The zero-order chi connectivity index (χ0) is 22.3. The van der Waals surface area contributed by atoms with E-state index in [0.29, 0.717) is 30.2 Å². The number of halogens is 1. The Bertz CT molecular complexity index is 1080. The van der Waals surface area contributed by atoms with Crippen LogP contribution in [-0.2, 0) is 0 Å². The molecule has 1 N–H and O–H groups in total. The summed E-state index contributed by atoms with van der Waals surface area (Å²) in [7, 11) is 1.60. The van der Waals surface area contributed by atoms with Gasteiger partial charge in [-0.3, -0.25) is 9.88 Å². The van der Waals surface area contributed by atoms with E-state index in [2.05, 4.69) is 26.7 Å². The van der Waals surface area contributed by atoms with Crippen LogP contribution >= 0.6 is 0 Å². The van der Waals surface area contributed by atoms with Gasteiger partial charge >= 0.3 is 0 Å². The third-order valence-electron chi connectivity index (χ3n) is 6.25. The van der Waals surface area contributed by atoms with Crippen molar-refractivity contribution < 1.29 is 18.7 Å². The number of likely N-dealkylation sites (tertiary alicyclic amines) is 1. The number of oxazole rings is 1. The highest BCUT2D eigenvalue weighted by Gasteiger charge is 2.29. The molecular formula is C25H28FN3O3. The van der Waals surface area contributed by atoms with Crippen molar-refractivity contribution in [2.75, 3.05) is 33.4 Å². The fourth-order valence-electron chi connectivity index (χ4n) is 4.46. The normalized spacial score (nSPS) is 20.0. The number of pyridine rings is 1. The topological polar surface area (TPSA) is 71.6 Å². The first-order valence-corrected chi connectivity index (χ1v) is 11.0. The Morgan fingerprint density at radius 2 is 2.19 bits per heavy atom. The molecule has 0 radical (unpaired) electrons. The molecule has 4 rings (SSSR count). The summed E-state index contributed by atoms with van der Waals surface area (Å²) in [6, 6.07) is 7.29. The van der Waals surface area contributed by atoms with Crippen LogP contribution < -0.4 is 4.74 Å². The molecule has 1 aliphatic heterocycles. The Morgan fingerprint density at radius 3 is 2.97 bits per heavy atom. The van der Waals surface area contributed by atoms with E-state index in [1.54, 1.807) is 25.6 Å². The number of fused-ring (bicyclic) bond motifs is 1. The number of methoxy groups -OCH3 is 1. The molecule has 0 aliphatic carbocycles. The monoisotopic (exact) mass is 437 g/mol. The molecule has 1 aromatic carbocycles. The van der Waals surface area contributed by atoms with E-state index in [1.807, 2.05) is 18.2 Å². The summed E-state index contributed by atoms with van der Waals surface area (Å²) in [5.74, 6) is 7.49. The summed E-state index contributed by atoms with van der Waals surface area (Å²) in [4.78, 5) is 10.6. The van der Waals surface area contributed by atoms with E-state index in [-0.39, 0.29) is 18.4 Å². The number of aromatic nitrogens is 2. The second-order valence-corrected chi connectivity index (χ2v) is 8.19. The molecule has 0 bridgehead atoms. The molecule has 3 atom stereocenters. The predicted molar refractivity (Wildman–Crippen MR) is 120 cm³/mol. The van der Waals surface area contributed by atoms with Crippen LogP contribution in [0.4, 0.5) is 4.39 Å². The fourth-order valence-corrected chi connectivity index (χ4v) is 4.46. The van der Waals surface area contributed by atoms with E-state index in [0.717, 1.165) is 36.8 Å². The second-order valence-electron chi connectivity index (χ2n) is 8.19. The number of nitrogens with zero attached hydrogens (tertiary/aromatic N) is 3. The van der Waals surface area contributed by atoms with Crippen LogP contribution in [0.15, 0.2) is 47.3 Å². The number of aliphatic hydroxyl groups excluding tert-OH is 1. The van der Waals surface area contributed by atoms with Gasteiger partial charge in [-0.2, -0.15) is 0 Å². The molecule has 1 fully saturated rings. The molecule has 1 unspecified atom stereocenters. The number of ether oxygens (including phenoxy) is 1. The number of piperidine rings is 1. The van der Waals surface area contributed by atoms with Crippen LogP contribution in [0.3, 0.4) is 0 Å². The van der Waals surface area contributed by atoms with Gasteiger partial charge in [-0.1, -0.05) is 5.92 Å². The molecule has 7 heteroatoms. The quantitative estimate of drug-likeness (QED) is 0.564. The lowest BCUT2D eigenvalue weighted by atomic mass is 9.81. The molecule has 0 amide bonds. The van der Waals surface area contributed by atoms with Gasteiger partial charge in [0.05, 0.1) is 25.4 Å². The third-order valence-corrected chi connectivity index (χ3v) is 6.25. The number of alkyl halides is 1. The summed E-state index contributed by atoms with van der Waals surface area (Å²) in [6.45, 7) is 2.34. The number of aliphatic hydroxyl groups is 1. The maximum atomic E-state index is 15.3. The van der Waals surface area contributed by atoms with Gasteiger partial charge < -0.3 is 14.3 Å². The van der Waals surface area contributed by atoms with Crippen molar-refractivity contribution in [1.29, 1.82) is 0 Å². The van der Waals surface area contributed by atoms with E-state index in [4.69, 9.17) is 9.15 Å². The highest BCUT2D eigenvalue weighted by molar-refractivity contribution is 5.83. The van der Waals surface area contributed by atoms with E-state index >= 15 is 4.39 Å². The van der Waals surface area contributed by atoms with Gasteiger partial charge in [-0.15, -0.1) is 0 Å². The van der Waals surface area contributed by atoms with Gasteiger partial charge in [-0.05, 0) is 73.4 Å². The molecule has 168 valence electrons. The lowest BCUT2D eigenvalue weighted by Crippen LogP contribution is -2.42. The zero-order valence-corrected chi connectivity index (χ0v) is 18.2. The highest BCUT2D eigenvalue weighted by atomic mass is 19.1. The lowest BCUT2D eigenvalue weighted by molar-refractivity contribution is 0.0708. The van der Waals surface area contributed by atoms with Gasteiger partial charge in [0.2, 0.25) is 0 Å². The first-order valence-electron chi connectivity index (χ1n) is 11.0. The highest BCUT2D eigenvalue weighted by Crippen LogP contribution is 2.35. The first kappa shape index (κ1) is 22.3. The minimum Gasteiger partial charge on any atom is -0.497 e. The minimum atomic E-state index is -1.09. The Balaban J connectivity index is 1.35. The standard InChI is InChI=1S/C25H28FN3O3/c1-31-20-5-7-24-22(15-20)21(8-10-27-24)23(26)6-4-18-9-13-29(16-19(18)17-30)12-2-3-25-28-11-14-32-25/h5,7-8,10-11,14-15,18-19,23,30H,4,6,9,12-13,16-17H2,1H3/t18-,19-,23?/m1/s1. The number of hydrogen-bond acceptors (Lipinski definition) is 6. The van der Waals surface area contributed by atoms with Gasteiger partial charge in [0.15, 0.2) is 0 Å². The maximum Gasteiger partial charge on any atom is 0.273 e. The fraction of sp³-hybridized carbons (Fsp3) is 0.440. The Morgan fingerprint density at radius 1 is 1.28 bits per heavy atom. The van der Waals surface area contributed by atoms with Gasteiger partial charge in [0.1, 0.15) is 18.2 Å². The van der Waals surface area contributed by atoms with Crippen LogP contribution in [-0.4, -0.2) is 53.3 Å². The van der Waals surface area contributed by atoms with Crippen LogP contribution in [0.5, 0.6) is 5.75 Å². The molecular weight excluding hydrogens is 409 g/mol. The van der Waals surface area contributed by atoms with Crippen LogP contribution in [0.1, 0.15) is 36.9 Å². The molecule has 32 heavy (non-hydrogen) atoms. The summed E-state index contributed by atoms with van der Waals surface area (Å²) >= 11 is 0. The van der Waals surface area contributed by atoms with Crippen molar-refractivity contribution in [2.24, 2.45) is 11.8 Å². The largest absolute Gasteiger partial charge is 0.497 e. The maximum absolute atomic E-state index is 15.3. The molecule has 3 aromatic rings. The average molecular weight is 438 g/mol. The molecule has 1 aliphatic rings. The molecule has 6 nitrogen and oxygen atoms in total. The first-order chi connectivity index (χ1) is 15.7. The molecule has 0 spiro atoms. The number of hydrogen-bond donors (Lipinski definition) is 1. The Kier molecular flexibility index (Phi) is 7.35. The van der Waals surface area contributed by atoms with Gasteiger partial charge in [0.25, 0.3) is 5.89 Å². The summed E-state index contributed by atoms with van der Waals surface area (Å²) < 4.78 is 25.7. The summed E-state index contributed by atoms with van der Waals surface area (Å²) in [6.07, 6.45) is 5.71. The Hall–Kier alpha value is -2.95. The van der Waals surface area contributed by atoms with Gasteiger partial charge in [-0.25, -0.2) is 9.37 Å². The van der Waals surface area contributed by atoms with Crippen LogP contribution in [0.2, 0.25) is 0 Å². The van der Waals surface area contributed by atoms with Crippen LogP contribution in [0.25, 0.3) is 10.9 Å². The number of rotatable bonds is 7. The van der Waals surface area contributed by atoms with Crippen molar-refractivity contribution in [2.45, 2.75) is 25.4 Å². The smallest absolute Gasteiger partial charge is 0.273 e. The summed E-state index contributed by atoms with van der Waals surface area (Å²) in [5, 5.41) is 10.7. The van der Waals surface area contributed by atoms with E-state index in [1.165, 1.54) is 6.26 Å². The third kappa shape index (κ3) is 5.26. The van der Waals surface area contributed by atoms with Crippen molar-refractivity contribution in [3.05, 3.63) is 54.4 Å². The predicted octanol–water partition coefficient (Wildman–Crippen LogP) is 4.00. The lowest BCUT2D eigenvalue weighted by Gasteiger charge is -2.37. The molecule has 3 heterocycles. The van der Waals surface area contributed by atoms with E-state index < -0.39 is 6.17 Å². The van der Waals surface area contributed by atoms with Crippen molar-refractivity contribution in [3.63, 3.8) is 0 Å². The summed E-state index contributed by atoms with van der Waals surface area (Å²) in [5.41, 5.74) is 1.41. The van der Waals surface area contributed by atoms with Crippen LogP contribution in [0, 0.1) is 23.7 Å².